The molecule has 3 heterocycles. The van der Waals surface area contributed by atoms with Gasteiger partial charge in [-0.2, -0.15) is 0 Å². The van der Waals surface area contributed by atoms with Crippen LogP contribution in [0.1, 0.15) is 36.0 Å². The smallest absolute Gasteiger partial charge is 0.303 e. The van der Waals surface area contributed by atoms with Gasteiger partial charge in [0.1, 0.15) is 11.6 Å². The predicted molar refractivity (Wildman–Crippen MR) is 142 cm³/mol. The van der Waals surface area contributed by atoms with E-state index < -0.39 is 5.97 Å². The van der Waals surface area contributed by atoms with Gasteiger partial charge in [0.2, 0.25) is 0 Å². The van der Waals surface area contributed by atoms with E-state index in [0.717, 1.165) is 25.3 Å². The van der Waals surface area contributed by atoms with Crippen molar-refractivity contribution in [1.82, 2.24) is 14.9 Å². The molecule has 1 fully saturated rings. The van der Waals surface area contributed by atoms with Crippen LogP contribution in [0.2, 0.25) is 5.02 Å². The van der Waals surface area contributed by atoms with Crippen LogP contribution in [-0.4, -0.2) is 64.2 Å². The number of hydrogen-bond acceptors (Lipinski definition) is 7. The highest BCUT2D eigenvalue weighted by Crippen LogP contribution is 2.33. The number of pyridine rings is 2. The molecule has 1 N–H and O–H groups in total. The van der Waals surface area contributed by atoms with Crippen molar-refractivity contribution >= 4 is 46.0 Å². The van der Waals surface area contributed by atoms with Gasteiger partial charge < -0.3 is 14.7 Å². The van der Waals surface area contributed by atoms with Crippen molar-refractivity contribution < 1.29 is 23.8 Å². The zero-order valence-electron chi connectivity index (χ0n) is 20.5. The molecule has 2 atom stereocenters. The fourth-order valence-corrected chi connectivity index (χ4v) is 6.08. The number of halogens is 2. The van der Waals surface area contributed by atoms with Gasteiger partial charge in [-0.3, -0.25) is 14.6 Å². The van der Waals surface area contributed by atoms with Gasteiger partial charge in [-0.25, -0.2) is 9.37 Å². The highest BCUT2D eigenvalue weighted by Gasteiger charge is 2.31. The largest absolute Gasteiger partial charge is 0.497 e. The quantitative estimate of drug-likeness (QED) is 0.246. The summed E-state index contributed by atoms with van der Waals surface area (Å²) < 4.78 is 18.7. The van der Waals surface area contributed by atoms with Crippen LogP contribution in [0.15, 0.2) is 47.8 Å². The number of ketones is 1. The lowest BCUT2D eigenvalue weighted by Crippen LogP contribution is -2.42. The van der Waals surface area contributed by atoms with Gasteiger partial charge >= 0.3 is 5.97 Å². The molecule has 1 aromatic carbocycles. The molecule has 3 aromatic rings. The maximum atomic E-state index is 13.4. The van der Waals surface area contributed by atoms with E-state index in [-0.39, 0.29) is 36.3 Å². The number of carboxylic acid groups (broad SMARTS) is 1. The number of nitrogens with zero attached hydrogens (tertiary/aromatic N) is 3. The van der Waals surface area contributed by atoms with Crippen molar-refractivity contribution in [2.24, 2.45) is 11.8 Å². The topological polar surface area (TPSA) is 92.6 Å². The SMILES string of the molecule is COc1ccc2ncc(Cl)c(C(=O)CC[C@@H]3CCN(CCSc4cc(F)ccn4)C[C@@H]3CC(=O)O)c2c1. The Morgan fingerprint density at radius 1 is 1.24 bits per heavy atom. The Balaban J connectivity index is 1.38. The van der Waals surface area contributed by atoms with Gasteiger partial charge in [-0.1, -0.05) is 11.6 Å². The first kappa shape index (κ1) is 27.3. The summed E-state index contributed by atoms with van der Waals surface area (Å²) in [5, 5.41) is 11.1. The molecule has 1 aliphatic heterocycles. The van der Waals surface area contributed by atoms with Crippen LogP contribution >= 0.6 is 23.4 Å². The van der Waals surface area contributed by atoms with E-state index in [2.05, 4.69) is 14.9 Å². The molecule has 2 aromatic heterocycles. The van der Waals surface area contributed by atoms with Crippen LogP contribution in [0, 0.1) is 17.7 Å². The Morgan fingerprint density at radius 3 is 2.84 bits per heavy atom. The molecule has 0 radical (unpaired) electrons. The Labute approximate surface area is 224 Å². The zero-order valence-corrected chi connectivity index (χ0v) is 22.1. The highest BCUT2D eigenvalue weighted by molar-refractivity contribution is 7.99. The fraction of sp³-hybridized carbons (Fsp3) is 0.407. The van der Waals surface area contributed by atoms with Gasteiger partial charge in [-0.15, -0.1) is 11.8 Å². The zero-order chi connectivity index (χ0) is 26.4. The Kier molecular flexibility index (Phi) is 9.34. The molecule has 4 rings (SSSR count). The van der Waals surface area contributed by atoms with Crippen LogP contribution in [0.4, 0.5) is 4.39 Å². The lowest BCUT2D eigenvalue weighted by Gasteiger charge is -2.38. The molecule has 1 saturated heterocycles. The van der Waals surface area contributed by atoms with Crippen LogP contribution in [0.5, 0.6) is 5.75 Å². The van der Waals surface area contributed by atoms with Crippen molar-refractivity contribution in [3.63, 3.8) is 0 Å². The summed E-state index contributed by atoms with van der Waals surface area (Å²) in [5.41, 5.74) is 1.10. The lowest BCUT2D eigenvalue weighted by molar-refractivity contribution is -0.139. The number of aromatic nitrogens is 2. The van der Waals surface area contributed by atoms with Gasteiger partial charge in [0.15, 0.2) is 5.78 Å². The van der Waals surface area contributed by atoms with E-state index in [1.165, 1.54) is 36.3 Å². The number of ether oxygens (including phenoxy) is 1. The molecule has 7 nitrogen and oxygen atoms in total. The van der Waals surface area contributed by atoms with E-state index in [1.807, 2.05) is 0 Å². The Bertz CT molecular complexity index is 1280. The first-order valence-corrected chi connectivity index (χ1v) is 13.5. The van der Waals surface area contributed by atoms with E-state index in [0.29, 0.717) is 45.2 Å². The number of methoxy groups -OCH3 is 1. The number of thioether (sulfide) groups is 1. The molecule has 0 saturated carbocycles. The summed E-state index contributed by atoms with van der Waals surface area (Å²) in [4.78, 5) is 35.6. The van der Waals surface area contributed by atoms with Crippen LogP contribution in [0.3, 0.4) is 0 Å². The van der Waals surface area contributed by atoms with Gasteiger partial charge in [0.25, 0.3) is 0 Å². The second-order valence-corrected chi connectivity index (χ2v) is 10.7. The average molecular weight is 546 g/mol. The number of carbonyl (C=O) groups is 2. The Hall–Kier alpha value is -2.75. The highest BCUT2D eigenvalue weighted by atomic mass is 35.5. The summed E-state index contributed by atoms with van der Waals surface area (Å²) in [6.07, 6.45) is 4.68. The maximum absolute atomic E-state index is 13.4. The first-order chi connectivity index (χ1) is 17.8. The molecule has 0 spiro atoms. The standard InChI is InChI=1S/C27H29ClFN3O4S/c1-36-20-3-4-23-21(14-20)27(22(28)15-31-23)24(33)5-2-17-7-9-32(16-18(17)12-26(34)35)10-11-37-25-13-19(29)6-8-30-25/h3-4,6,8,13-15,17-18H,2,5,7,9-12,16H2,1H3,(H,34,35)/t17-,18+/m1/s1. The average Bonchev–Trinajstić information content (AvgIpc) is 2.87. The Morgan fingerprint density at radius 2 is 2.08 bits per heavy atom. The number of benzene rings is 1. The monoisotopic (exact) mass is 545 g/mol. The third-order valence-electron chi connectivity index (χ3n) is 6.82. The molecule has 0 unspecified atom stereocenters. The van der Waals surface area contributed by atoms with Gasteiger partial charge in [0, 0.05) is 61.1 Å². The van der Waals surface area contributed by atoms with Crippen LogP contribution in [0.25, 0.3) is 10.9 Å². The van der Waals surface area contributed by atoms with Gasteiger partial charge in [-0.05, 0) is 55.5 Å². The molecule has 196 valence electrons. The molecule has 0 aliphatic carbocycles. The third kappa shape index (κ3) is 7.18. The summed E-state index contributed by atoms with van der Waals surface area (Å²) in [6.45, 7) is 2.23. The molecule has 0 bridgehead atoms. The molecule has 0 amide bonds. The summed E-state index contributed by atoms with van der Waals surface area (Å²) in [5.74, 6) is 0.186. The molecular formula is C27H29ClFN3O4S. The number of rotatable bonds is 11. The van der Waals surface area contributed by atoms with Crippen molar-refractivity contribution in [2.75, 3.05) is 32.5 Å². The minimum atomic E-state index is -0.836. The number of piperidine rings is 1. The van der Waals surface area contributed by atoms with Crippen molar-refractivity contribution in [3.05, 3.63) is 59.1 Å². The number of fused-ring (bicyclic) bond motifs is 1. The summed E-state index contributed by atoms with van der Waals surface area (Å²) >= 11 is 7.88. The number of likely N-dealkylation sites (tertiary alicyclic amines) is 1. The second kappa shape index (κ2) is 12.7. The minimum absolute atomic E-state index is 0.0545. The van der Waals surface area contributed by atoms with E-state index in [4.69, 9.17) is 16.3 Å². The maximum Gasteiger partial charge on any atom is 0.303 e. The van der Waals surface area contributed by atoms with Crippen molar-refractivity contribution in [3.8, 4) is 5.75 Å². The van der Waals surface area contributed by atoms with Crippen LogP contribution < -0.4 is 4.74 Å². The van der Waals surface area contributed by atoms with Gasteiger partial charge in [0.05, 0.1) is 22.7 Å². The normalized spacial score (nSPS) is 18.1. The van der Waals surface area contributed by atoms with Crippen molar-refractivity contribution in [2.45, 2.75) is 30.7 Å². The number of aliphatic carboxylic acids is 1. The van der Waals surface area contributed by atoms with Crippen molar-refractivity contribution in [1.29, 1.82) is 0 Å². The van der Waals surface area contributed by atoms with E-state index in [1.54, 1.807) is 25.3 Å². The fourth-order valence-electron chi connectivity index (χ4n) is 4.94. The van der Waals surface area contributed by atoms with E-state index in [9.17, 15) is 19.1 Å². The first-order valence-electron chi connectivity index (χ1n) is 12.2. The summed E-state index contributed by atoms with van der Waals surface area (Å²) in [7, 11) is 1.56. The molecule has 1 aliphatic rings. The third-order valence-corrected chi connectivity index (χ3v) is 8.01. The minimum Gasteiger partial charge on any atom is -0.497 e. The molecular weight excluding hydrogens is 517 g/mol. The molecule has 10 heteroatoms. The number of carbonyl (C=O) groups excluding carboxylic acids is 1. The predicted octanol–water partition coefficient (Wildman–Crippen LogP) is 5.60. The second-order valence-electron chi connectivity index (χ2n) is 9.19. The summed E-state index contributed by atoms with van der Waals surface area (Å²) in [6, 6.07) is 8.08. The number of Topliss-reactive ketones (excluding diaryl/α,β-unsaturated/α-hetero) is 1. The lowest BCUT2D eigenvalue weighted by atomic mass is 9.79. The van der Waals surface area contributed by atoms with Crippen LogP contribution in [-0.2, 0) is 4.79 Å². The number of carboxylic acids is 1. The number of hydrogen-bond donors (Lipinski definition) is 1. The molecule has 37 heavy (non-hydrogen) atoms. The van der Waals surface area contributed by atoms with E-state index >= 15 is 0 Å².